The molecule has 10 heteroatoms. The second kappa shape index (κ2) is 5.89. The standard InChI is InChI=1S/C16H17N7O2S/c1-2-26(24,25)22-9-16(10-22,4-5-17)23-8-12(7-21-23)14-13-3-6-18-15(13)20-11-19-14/h3,6-8,11H,2,4,9-10H2,1H3,(H,18,19,20)/i1D3,4D2,9D2. The highest BCUT2D eigenvalue weighted by atomic mass is 32.2. The van der Waals surface area contributed by atoms with Gasteiger partial charge in [-0.3, -0.25) is 4.68 Å². The minimum atomic E-state index is -4.65. The van der Waals surface area contributed by atoms with E-state index in [4.69, 9.17) is 9.60 Å². The second-order valence-electron chi connectivity index (χ2n) is 5.61. The van der Waals surface area contributed by atoms with Crippen LogP contribution in [0.1, 0.15) is 22.8 Å². The van der Waals surface area contributed by atoms with E-state index in [2.05, 4.69) is 20.1 Å². The Labute approximate surface area is 160 Å². The zero-order valence-electron chi connectivity index (χ0n) is 20.2. The number of rotatable bonds is 5. The fourth-order valence-corrected chi connectivity index (χ4v) is 3.57. The molecule has 0 aliphatic carbocycles. The van der Waals surface area contributed by atoms with E-state index in [0.29, 0.717) is 22.3 Å². The molecule has 0 saturated carbocycles. The molecule has 3 aromatic heterocycles. The summed E-state index contributed by atoms with van der Waals surface area (Å²) < 4.78 is 81.3. The number of nitriles is 1. The predicted octanol–water partition coefficient (Wildman–Crippen LogP) is 1.10. The Hall–Kier alpha value is -2.77. The Morgan fingerprint density at radius 1 is 1.58 bits per heavy atom. The summed E-state index contributed by atoms with van der Waals surface area (Å²) in [6.07, 6.45) is 2.58. The molecular weight excluding hydrogens is 354 g/mol. The van der Waals surface area contributed by atoms with Gasteiger partial charge in [-0.2, -0.15) is 14.7 Å². The molecule has 1 fully saturated rings. The summed E-state index contributed by atoms with van der Waals surface area (Å²) in [6, 6.07) is 3.11. The lowest BCUT2D eigenvalue weighted by Gasteiger charge is -2.47. The lowest BCUT2D eigenvalue weighted by molar-refractivity contribution is 0.0719. The number of H-pyrrole nitrogens is 1. The number of hydrogen-bond acceptors (Lipinski definition) is 6. The van der Waals surface area contributed by atoms with E-state index in [1.54, 1.807) is 12.3 Å². The Morgan fingerprint density at radius 3 is 3.23 bits per heavy atom. The molecule has 0 spiro atoms. The monoisotopic (exact) mass is 378 g/mol. The average molecular weight is 378 g/mol. The first-order valence-electron chi connectivity index (χ1n) is 10.9. The Balaban J connectivity index is 1.82. The predicted molar refractivity (Wildman–Crippen MR) is 94.3 cm³/mol. The molecule has 1 aliphatic heterocycles. The van der Waals surface area contributed by atoms with Gasteiger partial charge >= 0.3 is 0 Å². The largest absolute Gasteiger partial charge is 0.346 e. The van der Waals surface area contributed by atoms with Gasteiger partial charge in [0.1, 0.15) is 17.5 Å². The molecule has 0 aromatic carbocycles. The van der Waals surface area contributed by atoms with Gasteiger partial charge in [-0.05, 0) is 12.9 Å². The first-order chi connectivity index (χ1) is 15.2. The van der Waals surface area contributed by atoms with Crippen molar-refractivity contribution in [1.82, 2.24) is 29.0 Å². The molecule has 26 heavy (non-hydrogen) atoms. The van der Waals surface area contributed by atoms with Crippen molar-refractivity contribution in [3.05, 3.63) is 31.0 Å². The van der Waals surface area contributed by atoms with Crippen molar-refractivity contribution in [2.75, 3.05) is 18.8 Å². The van der Waals surface area contributed by atoms with E-state index in [1.807, 2.05) is 0 Å². The molecule has 0 radical (unpaired) electrons. The molecule has 1 atom stereocenters. The molecule has 9 nitrogen and oxygen atoms in total. The normalized spacial score (nSPS) is 27.7. The second-order valence-corrected chi connectivity index (χ2v) is 7.50. The van der Waals surface area contributed by atoms with Crippen LogP contribution in [0.2, 0.25) is 0 Å². The van der Waals surface area contributed by atoms with E-state index in [9.17, 15) is 13.7 Å². The highest BCUT2D eigenvalue weighted by Gasteiger charge is 2.49. The summed E-state index contributed by atoms with van der Waals surface area (Å²) in [4.78, 5) is 11.2. The summed E-state index contributed by atoms with van der Waals surface area (Å²) in [6.45, 7) is -6.73. The molecule has 1 unspecified atom stereocenters. The molecule has 0 bridgehead atoms. The first kappa shape index (κ1) is 10.4. The first-order valence-corrected chi connectivity index (χ1v) is 9.03. The van der Waals surface area contributed by atoms with E-state index >= 15 is 0 Å². The molecular formula is C16H17N7O2S. The van der Waals surface area contributed by atoms with Crippen LogP contribution in [0.5, 0.6) is 0 Å². The molecule has 1 saturated heterocycles. The molecule has 3 aromatic rings. The van der Waals surface area contributed by atoms with Crippen LogP contribution in [0.3, 0.4) is 0 Å². The summed E-state index contributed by atoms with van der Waals surface area (Å²) in [7, 11) is -4.65. The number of hydrogen-bond donors (Lipinski definition) is 1. The van der Waals surface area contributed by atoms with Crippen molar-refractivity contribution in [3.63, 3.8) is 0 Å². The number of fused-ring (bicyclic) bond motifs is 1. The van der Waals surface area contributed by atoms with Gasteiger partial charge in [0.25, 0.3) is 0 Å². The number of aromatic amines is 1. The van der Waals surface area contributed by atoms with E-state index in [1.165, 1.54) is 24.8 Å². The summed E-state index contributed by atoms with van der Waals surface area (Å²) >= 11 is 0. The fraction of sp³-hybridized carbons (Fsp3) is 0.375. The maximum atomic E-state index is 12.6. The average Bonchev–Trinajstić information content (AvgIpc) is 3.34. The van der Waals surface area contributed by atoms with Crippen LogP contribution in [0.4, 0.5) is 0 Å². The quantitative estimate of drug-likeness (QED) is 0.709. The molecule has 1 N–H and O–H groups in total. The topological polar surface area (TPSA) is 121 Å². The van der Waals surface area contributed by atoms with Crippen LogP contribution < -0.4 is 0 Å². The minimum Gasteiger partial charge on any atom is -0.346 e. The minimum absolute atomic E-state index is 0.262. The smallest absolute Gasteiger partial charge is 0.213 e. The summed E-state index contributed by atoms with van der Waals surface area (Å²) in [5.74, 6) is -1.33. The highest BCUT2D eigenvalue weighted by Crippen LogP contribution is 2.35. The zero-order chi connectivity index (χ0) is 24.4. The van der Waals surface area contributed by atoms with Crippen molar-refractivity contribution in [1.29, 1.82) is 5.26 Å². The summed E-state index contributed by atoms with van der Waals surface area (Å²) in [5.41, 5.74) is -1.10. The number of nitrogens with zero attached hydrogens (tertiary/aromatic N) is 6. The molecule has 134 valence electrons. The van der Waals surface area contributed by atoms with Gasteiger partial charge in [-0.15, -0.1) is 0 Å². The van der Waals surface area contributed by atoms with Gasteiger partial charge in [-0.25, -0.2) is 18.4 Å². The van der Waals surface area contributed by atoms with Crippen molar-refractivity contribution < 1.29 is 18.0 Å². The molecule has 0 amide bonds. The maximum absolute atomic E-state index is 12.6. The van der Waals surface area contributed by atoms with Crippen LogP contribution in [0, 0.1) is 11.3 Å². The molecule has 1 aliphatic rings. The van der Waals surface area contributed by atoms with Crippen LogP contribution in [-0.4, -0.2) is 56.2 Å². The third-order valence-corrected chi connectivity index (χ3v) is 5.32. The van der Waals surface area contributed by atoms with E-state index in [-0.39, 0.29) is 4.31 Å². The van der Waals surface area contributed by atoms with Crippen molar-refractivity contribution >= 4 is 21.1 Å². The van der Waals surface area contributed by atoms with Crippen LogP contribution in [0.15, 0.2) is 31.0 Å². The fourth-order valence-electron chi connectivity index (χ4n) is 2.74. The van der Waals surface area contributed by atoms with Gasteiger partial charge in [0.15, 0.2) is 0 Å². The van der Waals surface area contributed by atoms with Gasteiger partial charge in [0, 0.05) is 46.0 Å². The number of aromatic nitrogens is 5. The van der Waals surface area contributed by atoms with Crippen molar-refractivity contribution in [3.8, 4) is 17.3 Å². The Bertz CT molecular complexity index is 1380. The lowest BCUT2D eigenvalue weighted by atomic mass is 9.89. The molecule has 4 rings (SSSR count). The third kappa shape index (κ3) is 2.48. The van der Waals surface area contributed by atoms with Crippen LogP contribution >= 0.6 is 0 Å². The number of sulfonamides is 1. The Morgan fingerprint density at radius 2 is 2.46 bits per heavy atom. The zero-order valence-corrected chi connectivity index (χ0v) is 14.0. The lowest BCUT2D eigenvalue weighted by Crippen LogP contribution is -2.64. The van der Waals surface area contributed by atoms with Crippen molar-refractivity contribution in [2.24, 2.45) is 0 Å². The van der Waals surface area contributed by atoms with Crippen LogP contribution in [0.25, 0.3) is 22.3 Å². The van der Waals surface area contributed by atoms with Crippen LogP contribution in [-0.2, 0) is 15.6 Å². The van der Waals surface area contributed by atoms with Gasteiger partial charge < -0.3 is 4.98 Å². The van der Waals surface area contributed by atoms with E-state index in [0.717, 1.165) is 4.68 Å². The van der Waals surface area contributed by atoms with Gasteiger partial charge in [0.2, 0.25) is 10.0 Å². The highest BCUT2D eigenvalue weighted by molar-refractivity contribution is 7.89. The third-order valence-electron chi connectivity index (χ3n) is 4.06. The summed E-state index contributed by atoms with van der Waals surface area (Å²) in [5, 5.41) is 14.2. The van der Waals surface area contributed by atoms with Gasteiger partial charge in [0.05, 0.1) is 30.1 Å². The van der Waals surface area contributed by atoms with Crippen molar-refractivity contribution in [2.45, 2.75) is 18.8 Å². The Kier molecular flexibility index (Phi) is 2.36. The number of nitrogens with one attached hydrogen (secondary N) is 1. The van der Waals surface area contributed by atoms with E-state index < -0.39 is 47.6 Å². The molecule has 4 heterocycles. The SMILES string of the molecule is [2H]C([2H])([2H])CS(=O)(=O)N1CC(n2cc(-c3ncnc4[nH]ccc34)cn2)(C([2H])([2H])C#N)C1([2H])[2H]. The maximum Gasteiger partial charge on any atom is 0.213 e. The van der Waals surface area contributed by atoms with Gasteiger partial charge in [-0.1, -0.05) is 0 Å².